The first-order valence-corrected chi connectivity index (χ1v) is 17.7. The molecule has 242 valence electrons. The first-order valence-electron chi connectivity index (χ1n) is 17.7. The van der Waals surface area contributed by atoms with Gasteiger partial charge in [0.1, 0.15) is 11.3 Å². The molecule has 0 N–H and O–H groups in total. The molecule has 10 aromatic rings. The summed E-state index contributed by atoms with van der Waals surface area (Å²) in [4.78, 5) is 5.22. The van der Waals surface area contributed by atoms with Crippen LogP contribution in [0, 0.1) is 0 Å². The summed E-state index contributed by atoms with van der Waals surface area (Å²) in [6, 6.07) is 65.0. The molecule has 0 spiro atoms. The number of rotatable bonds is 4. The molecule has 1 aromatic heterocycles. The molecule has 0 radical (unpaired) electrons. The van der Waals surface area contributed by atoms with Crippen molar-refractivity contribution in [2.45, 2.75) is 0 Å². The zero-order valence-corrected chi connectivity index (χ0v) is 28.1. The summed E-state index contributed by atoms with van der Waals surface area (Å²) in [6.07, 6.45) is 0. The van der Waals surface area contributed by atoms with Crippen LogP contribution in [0.4, 0.5) is 0 Å². The molecular weight excluding hydrogens is 633 g/mol. The average molecular weight is 663 g/mol. The molecule has 9 aromatic carbocycles. The maximum Gasteiger partial charge on any atom is 0.159 e. The fourth-order valence-corrected chi connectivity index (χ4v) is 8.24. The molecule has 11 rings (SSSR count). The Morgan fingerprint density at radius 2 is 1.02 bits per heavy atom. The van der Waals surface area contributed by atoms with Crippen molar-refractivity contribution in [3.05, 3.63) is 182 Å². The summed E-state index contributed by atoms with van der Waals surface area (Å²) in [6.45, 7) is 0. The second-order valence-corrected chi connectivity index (χ2v) is 13.5. The van der Waals surface area contributed by atoms with Crippen LogP contribution < -0.4 is 4.74 Å². The molecule has 0 fully saturated rings. The number of fused-ring (bicyclic) bond motifs is 5. The Labute approximate surface area is 300 Å². The molecule has 3 heteroatoms. The number of para-hydroxylation sites is 2. The second kappa shape index (κ2) is 11.3. The number of hydrogen-bond donors (Lipinski definition) is 0. The number of aromatic nitrogens is 2. The van der Waals surface area contributed by atoms with E-state index in [2.05, 4.69) is 180 Å². The van der Waals surface area contributed by atoms with Crippen molar-refractivity contribution in [3.8, 4) is 62.0 Å². The van der Waals surface area contributed by atoms with Crippen LogP contribution in [-0.4, -0.2) is 9.55 Å². The minimum Gasteiger partial charge on any atom is -0.452 e. The van der Waals surface area contributed by atoms with Crippen molar-refractivity contribution in [1.29, 1.82) is 0 Å². The maximum absolute atomic E-state index is 6.96. The Kier molecular flexibility index (Phi) is 6.25. The second-order valence-electron chi connectivity index (χ2n) is 13.5. The van der Waals surface area contributed by atoms with Crippen molar-refractivity contribution in [1.82, 2.24) is 9.55 Å². The van der Waals surface area contributed by atoms with Gasteiger partial charge in [-0.2, -0.15) is 0 Å². The fraction of sp³-hybridized carbons (Fsp3) is 0. The van der Waals surface area contributed by atoms with Crippen LogP contribution >= 0.6 is 0 Å². The molecule has 0 saturated carbocycles. The van der Waals surface area contributed by atoms with Crippen LogP contribution in [0.5, 0.6) is 11.5 Å². The summed E-state index contributed by atoms with van der Waals surface area (Å²) >= 11 is 0. The topological polar surface area (TPSA) is 27.1 Å². The van der Waals surface area contributed by atoms with Crippen molar-refractivity contribution in [3.63, 3.8) is 0 Å². The zero-order valence-electron chi connectivity index (χ0n) is 28.1. The van der Waals surface area contributed by atoms with Crippen LogP contribution in [0.25, 0.3) is 93.8 Å². The van der Waals surface area contributed by atoms with Crippen molar-refractivity contribution >= 4 is 43.4 Å². The van der Waals surface area contributed by atoms with Gasteiger partial charge in [0.05, 0.1) is 11.2 Å². The summed E-state index contributed by atoms with van der Waals surface area (Å²) in [5.74, 6) is 2.54. The number of hydrogen-bond acceptors (Lipinski definition) is 2. The average Bonchev–Trinajstić information content (AvgIpc) is 3.61. The summed E-state index contributed by atoms with van der Waals surface area (Å²) in [5, 5.41) is 7.18. The lowest BCUT2D eigenvalue weighted by molar-refractivity contribution is 0.478. The Morgan fingerprint density at radius 3 is 1.77 bits per heavy atom. The lowest BCUT2D eigenvalue weighted by Gasteiger charge is -2.25. The molecule has 0 unspecified atom stereocenters. The van der Waals surface area contributed by atoms with Gasteiger partial charge in [0.15, 0.2) is 11.5 Å². The Hall–Kier alpha value is -6.97. The number of benzene rings is 9. The molecule has 0 aliphatic carbocycles. The molecule has 0 bridgehead atoms. The van der Waals surface area contributed by atoms with Crippen molar-refractivity contribution < 1.29 is 4.74 Å². The van der Waals surface area contributed by atoms with Crippen LogP contribution in [0.1, 0.15) is 0 Å². The third kappa shape index (κ3) is 4.30. The van der Waals surface area contributed by atoms with Crippen molar-refractivity contribution in [2.75, 3.05) is 0 Å². The van der Waals surface area contributed by atoms with E-state index in [0.29, 0.717) is 0 Å². The minimum atomic E-state index is 0.806. The lowest BCUT2D eigenvalue weighted by atomic mass is 9.85. The van der Waals surface area contributed by atoms with Crippen LogP contribution in [0.2, 0.25) is 0 Å². The molecule has 52 heavy (non-hydrogen) atoms. The highest BCUT2D eigenvalue weighted by Crippen LogP contribution is 2.51. The van der Waals surface area contributed by atoms with E-state index in [9.17, 15) is 0 Å². The molecule has 3 nitrogen and oxygen atoms in total. The molecule has 0 saturated heterocycles. The summed E-state index contributed by atoms with van der Waals surface area (Å²) in [5.41, 5.74) is 11.0. The van der Waals surface area contributed by atoms with E-state index in [1.54, 1.807) is 0 Å². The minimum absolute atomic E-state index is 0.806. The van der Waals surface area contributed by atoms with Gasteiger partial charge in [-0.05, 0) is 78.8 Å². The van der Waals surface area contributed by atoms with E-state index in [0.717, 1.165) is 50.7 Å². The van der Waals surface area contributed by atoms with Gasteiger partial charge in [-0.3, -0.25) is 4.57 Å². The van der Waals surface area contributed by atoms with Gasteiger partial charge in [0.2, 0.25) is 0 Å². The van der Waals surface area contributed by atoms with Gasteiger partial charge in [0, 0.05) is 16.7 Å². The van der Waals surface area contributed by atoms with Crippen LogP contribution in [0.3, 0.4) is 0 Å². The van der Waals surface area contributed by atoms with E-state index in [4.69, 9.17) is 9.72 Å². The first kappa shape index (κ1) is 28.8. The third-order valence-corrected chi connectivity index (χ3v) is 10.6. The quantitative estimate of drug-likeness (QED) is 0.175. The summed E-state index contributed by atoms with van der Waals surface area (Å²) < 4.78 is 9.26. The third-order valence-electron chi connectivity index (χ3n) is 10.6. The molecule has 2 heterocycles. The van der Waals surface area contributed by atoms with E-state index >= 15 is 0 Å². The van der Waals surface area contributed by atoms with Gasteiger partial charge < -0.3 is 4.74 Å². The Bertz CT molecular complexity index is 2970. The van der Waals surface area contributed by atoms with E-state index in [1.165, 1.54) is 54.6 Å². The maximum atomic E-state index is 6.96. The number of imidazole rings is 1. The highest BCUT2D eigenvalue weighted by Gasteiger charge is 2.29. The van der Waals surface area contributed by atoms with Gasteiger partial charge in [-0.15, -0.1) is 0 Å². The van der Waals surface area contributed by atoms with Gasteiger partial charge in [-0.1, -0.05) is 158 Å². The molecule has 1 aliphatic rings. The van der Waals surface area contributed by atoms with Gasteiger partial charge >= 0.3 is 0 Å². The predicted molar refractivity (Wildman–Crippen MR) is 215 cm³/mol. The van der Waals surface area contributed by atoms with Crippen LogP contribution in [-0.2, 0) is 0 Å². The first-order chi connectivity index (χ1) is 25.8. The normalized spacial score (nSPS) is 12.0. The number of nitrogens with zero attached hydrogens (tertiary/aromatic N) is 2. The van der Waals surface area contributed by atoms with E-state index < -0.39 is 0 Å². The van der Waals surface area contributed by atoms with E-state index in [-0.39, 0.29) is 0 Å². The van der Waals surface area contributed by atoms with Gasteiger partial charge in [-0.25, -0.2) is 4.98 Å². The van der Waals surface area contributed by atoms with Gasteiger partial charge in [0.25, 0.3) is 0 Å². The highest BCUT2D eigenvalue weighted by molar-refractivity contribution is 6.22. The molecule has 1 aliphatic heterocycles. The predicted octanol–water partition coefficient (Wildman–Crippen LogP) is 13.3. The smallest absolute Gasteiger partial charge is 0.159 e. The Balaban J connectivity index is 1.15. The number of ether oxygens (including phenoxy) is 1. The Morgan fingerprint density at radius 1 is 0.423 bits per heavy atom. The SMILES string of the molecule is c1ccc(-c2ccc(-c3c4ccccc4c(-c4cccc5c4Oc4cccc6nc(-c7ccc8ccccc8c7)n-5c46)c4ccccc34)cc2)cc1. The van der Waals surface area contributed by atoms with Crippen molar-refractivity contribution in [2.24, 2.45) is 0 Å². The fourth-order valence-electron chi connectivity index (χ4n) is 8.24. The van der Waals surface area contributed by atoms with Crippen LogP contribution in [0.15, 0.2) is 182 Å². The molecule has 0 amide bonds. The van der Waals surface area contributed by atoms with E-state index in [1.807, 2.05) is 6.07 Å². The largest absolute Gasteiger partial charge is 0.452 e. The monoisotopic (exact) mass is 662 g/mol. The molecular formula is C49H30N2O. The highest BCUT2D eigenvalue weighted by atomic mass is 16.5. The molecule has 0 atom stereocenters. The zero-order chi connectivity index (χ0) is 34.2. The summed E-state index contributed by atoms with van der Waals surface area (Å²) in [7, 11) is 0. The lowest BCUT2D eigenvalue weighted by Crippen LogP contribution is -2.07. The standard InChI is InChI=1S/C49H30N2O/c1-2-12-31(13-3-1)33-24-27-34(28-25-33)45-37-16-6-8-18-39(37)46(40-19-9-7-17-38(40)45)41-20-10-22-43-48(41)52-44-23-11-21-42-47(44)51(43)49(50-42)36-29-26-32-14-4-5-15-35(32)30-36/h1-30H.